The van der Waals surface area contributed by atoms with Gasteiger partial charge in [0.2, 0.25) is 15.9 Å². The quantitative estimate of drug-likeness (QED) is 0.699. The molecule has 0 aromatic heterocycles. The molecule has 1 amide bonds. The van der Waals surface area contributed by atoms with Crippen molar-refractivity contribution in [3.8, 4) is 0 Å². The van der Waals surface area contributed by atoms with E-state index < -0.39 is 22.0 Å². The van der Waals surface area contributed by atoms with Crippen LogP contribution in [0.1, 0.15) is 13.3 Å². The van der Waals surface area contributed by atoms with Gasteiger partial charge < -0.3 is 10.1 Å². The Hall–Kier alpha value is -1.02. The van der Waals surface area contributed by atoms with Crippen molar-refractivity contribution in [1.82, 2.24) is 5.32 Å². The minimum Gasteiger partial charge on any atom is -0.385 e. The first-order valence-corrected chi connectivity index (χ1v) is 9.50. The van der Waals surface area contributed by atoms with E-state index in [4.69, 9.17) is 27.9 Å². The molecule has 0 fully saturated rings. The number of carbonyl (C=O) groups excluding carboxylic acids is 1. The number of benzene rings is 1. The van der Waals surface area contributed by atoms with Crippen molar-refractivity contribution in [2.45, 2.75) is 19.4 Å². The minimum absolute atomic E-state index is 0.168. The molecular formula is C14H20Cl2N2O4S. The molecule has 0 radical (unpaired) electrons. The highest BCUT2D eigenvalue weighted by Gasteiger charge is 2.30. The Morgan fingerprint density at radius 2 is 2.04 bits per heavy atom. The van der Waals surface area contributed by atoms with Gasteiger partial charge in [-0.15, -0.1) is 0 Å². The van der Waals surface area contributed by atoms with Crippen LogP contribution in [-0.4, -0.2) is 46.9 Å². The molecule has 1 N–H and O–H groups in total. The molecule has 1 rings (SSSR count). The number of anilines is 1. The maximum atomic E-state index is 12.2. The summed E-state index contributed by atoms with van der Waals surface area (Å²) in [6.07, 6.45) is 1.64. The largest absolute Gasteiger partial charge is 0.385 e. The number of hydrogen-bond acceptors (Lipinski definition) is 4. The van der Waals surface area contributed by atoms with E-state index in [0.29, 0.717) is 24.6 Å². The van der Waals surface area contributed by atoms with Crippen molar-refractivity contribution in [1.29, 1.82) is 0 Å². The van der Waals surface area contributed by atoms with Crippen molar-refractivity contribution in [3.05, 3.63) is 28.2 Å². The Bertz CT molecular complexity index is 652. The monoisotopic (exact) mass is 382 g/mol. The molecule has 1 aromatic carbocycles. The SMILES string of the molecule is COCCCNC(=O)C(C)N(c1cc(Cl)ccc1Cl)S(C)(=O)=O. The Labute approximate surface area is 146 Å². The predicted molar refractivity (Wildman–Crippen MR) is 92.7 cm³/mol. The zero-order valence-corrected chi connectivity index (χ0v) is 15.5. The van der Waals surface area contributed by atoms with Gasteiger partial charge in [-0.2, -0.15) is 0 Å². The van der Waals surface area contributed by atoms with Gasteiger partial charge in [0.25, 0.3) is 0 Å². The summed E-state index contributed by atoms with van der Waals surface area (Å²) >= 11 is 12.0. The summed E-state index contributed by atoms with van der Waals surface area (Å²) in [7, 11) is -2.17. The number of amides is 1. The number of carbonyl (C=O) groups is 1. The van der Waals surface area contributed by atoms with E-state index >= 15 is 0 Å². The average molecular weight is 383 g/mol. The molecule has 0 heterocycles. The van der Waals surface area contributed by atoms with E-state index in [9.17, 15) is 13.2 Å². The first-order chi connectivity index (χ1) is 10.7. The van der Waals surface area contributed by atoms with E-state index in [-0.39, 0.29) is 10.7 Å². The molecule has 0 saturated carbocycles. The van der Waals surface area contributed by atoms with E-state index in [0.717, 1.165) is 10.6 Å². The highest BCUT2D eigenvalue weighted by molar-refractivity contribution is 7.92. The summed E-state index contributed by atoms with van der Waals surface area (Å²) in [4.78, 5) is 12.2. The topological polar surface area (TPSA) is 75.7 Å². The average Bonchev–Trinajstić information content (AvgIpc) is 2.45. The van der Waals surface area contributed by atoms with Crippen LogP contribution in [0.4, 0.5) is 5.69 Å². The molecule has 0 aliphatic carbocycles. The molecule has 0 aliphatic heterocycles. The van der Waals surface area contributed by atoms with Gasteiger partial charge in [-0.3, -0.25) is 9.10 Å². The van der Waals surface area contributed by atoms with Crippen molar-refractivity contribution >= 4 is 44.8 Å². The second kappa shape index (κ2) is 8.73. The Balaban J connectivity index is 3.03. The second-order valence-corrected chi connectivity index (χ2v) is 7.67. The first-order valence-electron chi connectivity index (χ1n) is 6.89. The molecule has 0 saturated heterocycles. The summed E-state index contributed by atoms with van der Waals surface area (Å²) < 4.78 is 30.1. The Morgan fingerprint density at radius 1 is 1.39 bits per heavy atom. The number of methoxy groups -OCH3 is 1. The smallest absolute Gasteiger partial charge is 0.243 e. The zero-order chi connectivity index (χ0) is 17.6. The molecule has 6 nitrogen and oxygen atoms in total. The van der Waals surface area contributed by atoms with E-state index in [2.05, 4.69) is 5.32 Å². The van der Waals surface area contributed by atoms with Gasteiger partial charge in [-0.1, -0.05) is 23.2 Å². The minimum atomic E-state index is -3.73. The van der Waals surface area contributed by atoms with E-state index in [1.54, 1.807) is 13.2 Å². The molecule has 130 valence electrons. The number of nitrogens with one attached hydrogen (secondary N) is 1. The number of halogens is 2. The van der Waals surface area contributed by atoms with Crippen LogP contribution in [-0.2, 0) is 19.6 Å². The molecule has 0 spiro atoms. The summed E-state index contributed by atoms with van der Waals surface area (Å²) in [5, 5.41) is 3.19. The standard InChI is InChI=1S/C14H20Cl2N2O4S/c1-10(14(19)17-7-4-8-22-2)18(23(3,20)21)13-9-11(15)5-6-12(13)16/h5-6,9-10H,4,7-8H2,1-3H3,(H,17,19). The molecule has 1 unspecified atom stereocenters. The molecular weight excluding hydrogens is 363 g/mol. The lowest BCUT2D eigenvalue weighted by Gasteiger charge is -2.29. The van der Waals surface area contributed by atoms with Crippen molar-refractivity contribution < 1.29 is 17.9 Å². The number of hydrogen-bond donors (Lipinski definition) is 1. The van der Waals surface area contributed by atoms with Crippen LogP contribution >= 0.6 is 23.2 Å². The van der Waals surface area contributed by atoms with Gasteiger partial charge in [-0.25, -0.2) is 8.42 Å². The summed E-state index contributed by atoms with van der Waals surface area (Å²) in [5.41, 5.74) is 0.168. The third-order valence-electron chi connectivity index (χ3n) is 3.06. The van der Waals surface area contributed by atoms with Crippen LogP contribution in [0.5, 0.6) is 0 Å². The lowest BCUT2D eigenvalue weighted by atomic mass is 10.2. The first kappa shape index (κ1) is 20.0. The Morgan fingerprint density at radius 3 is 2.61 bits per heavy atom. The Kier molecular flexibility index (Phi) is 7.60. The maximum Gasteiger partial charge on any atom is 0.243 e. The van der Waals surface area contributed by atoms with Gasteiger partial charge in [0.05, 0.1) is 17.0 Å². The molecule has 9 heteroatoms. The van der Waals surface area contributed by atoms with Crippen LogP contribution in [0.15, 0.2) is 18.2 Å². The fourth-order valence-corrected chi connectivity index (χ4v) is 3.62. The van der Waals surface area contributed by atoms with Crippen LogP contribution in [0.3, 0.4) is 0 Å². The van der Waals surface area contributed by atoms with Gasteiger partial charge in [0, 0.05) is 25.3 Å². The van der Waals surface area contributed by atoms with E-state index in [1.807, 2.05) is 0 Å². The fraction of sp³-hybridized carbons (Fsp3) is 0.500. The summed E-state index contributed by atoms with van der Waals surface area (Å²) in [5.74, 6) is -0.428. The second-order valence-electron chi connectivity index (χ2n) is 4.97. The maximum absolute atomic E-state index is 12.2. The molecule has 1 aromatic rings. The van der Waals surface area contributed by atoms with Gasteiger partial charge >= 0.3 is 0 Å². The van der Waals surface area contributed by atoms with E-state index in [1.165, 1.54) is 19.1 Å². The van der Waals surface area contributed by atoms with Crippen LogP contribution in [0.2, 0.25) is 10.0 Å². The number of ether oxygens (including phenoxy) is 1. The lowest BCUT2D eigenvalue weighted by Crippen LogP contribution is -2.48. The summed E-state index contributed by atoms with van der Waals surface area (Å²) in [6.45, 7) is 2.38. The summed E-state index contributed by atoms with van der Waals surface area (Å²) in [6, 6.07) is 3.48. The highest BCUT2D eigenvalue weighted by Crippen LogP contribution is 2.32. The van der Waals surface area contributed by atoms with Crippen molar-refractivity contribution in [2.24, 2.45) is 0 Å². The molecule has 1 atom stereocenters. The van der Waals surface area contributed by atoms with Gasteiger partial charge in [-0.05, 0) is 31.5 Å². The van der Waals surface area contributed by atoms with Crippen molar-refractivity contribution in [3.63, 3.8) is 0 Å². The van der Waals surface area contributed by atoms with Gasteiger partial charge in [0.15, 0.2) is 0 Å². The predicted octanol–water partition coefficient (Wildman–Crippen LogP) is 2.30. The number of rotatable bonds is 8. The lowest BCUT2D eigenvalue weighted by molar-refractivity contribution is -0.121. The molecule has 0 bridgehead atoms. The van der Waals surface area contributed by atoms with Crippen LogP contribution in [0.25, 0.3) is 0 Å². The third-order valence-corrected chi connectivity index (χ3v) is 4.84. The van der Waals surface area contributed by atoms with Crippen molar-refractivity contribution in [2.75, 3.05) is 30.8 Å². The zero-order valence-electron chi connectivity index (χ0n) is 13.2. The molecule has 0 aliphatic rings. The number of sulfonamides is 1. The normalized spacial score (nSPS) is 12.7. The fourth-order valence-electron chi connectivity index (χ4n) is 2.01. The van der Waals surface area contributed by atoms with Crippen LogP contribution < -0.4 is 9.62 Å². The molecule has 23 heavy (non-hydrogen) atoms. The number of nitrogens with zero attached hydrogens (tertiary/aromatic N) is 1. The highest BCUT2D eigenvalue weighted by atomic mass is 35.5. The van der Waals surface area contributed by atoms with Gasteiger partial charge in [0.1, 0.15) is 6.04 Å². The van der Waals surface area contributed by atoms with Crippen LogP contribution in [0, 0.1) is 0 Å². The third kappa shape index (κ3) is 5.84.